The molecule has 2 nitrogen and oxygen atoms in total. The number of fused-ring (bicyclic) bond motifs is 1. The first-order valence-corrected chi connectivity index (χ1v) is 8.67. The lowest BCUT2D eigenvalue weighted by Crippen LogP contribution is -2.37. The zero-order valence-corrected chi connectivity index (χ0v) is 13.3. The van der Waals surface area contributed by atoms with Crippen LogP contribution in [-0.2, 0) is 6.42 Å². The lowest BCUT2D eigenvalue weighted by atomic mass is 10.1. The van der Waals surface area contributed by atoms with Crippen LogP contribution in [0.3, 0.4) is 0 Å². The Bertz CT molecular complexity index is 570. The normalized spacial score (nSPS) is 19.6. The van der Waals surface area contributed by atoms with Gasteiger partial charge in [0.2, 0.25) is 0 Å². The van der Waals surface area contributed by atoms with E-state index < -0.39 is 6.10 Å². The van der Waals surface area contributed by atoms with Crippen molar-refractivity contribution < 1.29 is 9.84 Å². The van der Waals surface area contributed by atoms with E-state index in [1.807, 2.05) is 23.6 Å². The van der Waals surface area contributed by atoms with Gasteiger partial charge in [0.1, 0.15) is 11.9 Å². The van der Waals surface area contributed by atoms with Gasteiger partial charge in [-0.3, -0.25) is 0 Å². The van der Waals surface area contributed by atoms with E-state index in [-0.39, 0.29) is 6.10 Å². The number of hydrogen-bond acceptors (Lipinski definition) is 4. The molecule has 1 aromatic heterocycles. The van der Waals surface area contributed by atoms with E-state index in [0.29, 0.717) is 6.42 Å². The van der Waals surface area contributed by atoms with Crippen LogP contribution in [0.2, 0.25) is 0 Å². The third-order valence-corrected chi connectivity index (χ3v) is 5.86. The summed E-state index contributed by atoms with van der Waals surface area (Å²) in [6.07, 6.45) is 0.0381. The second-order valence-electron chi connectivity index (χ2n) is 4.42. The minimum atomic E-state index is -0.466. The van der Waals surface area contributed by atoms with E-state index in [1.54, 1.807) is 23.1 Å². The van der Waals surface area contributed by atoms with Gasteiger partial charge < -0.3 is 9.84 Å². The van der Waals surface area contributed by atoms with Crippen molar-refractivity contribution in [1.29, 1.82) is 0 Å². The maximum Gasteiger partial charge on any atom is 0.134 e. The second kappa shape index (κ2) is 5.87. The number of benzene rings is 1. The highest BCUT2D eigenvalue weighted by Crippen LogP contribution is 2.36. The van der Waals surface area contributed by atoms with E-state index in [4.69, 9.17) is 4.74 Å². The topological polar surface area (TPSA) is 29.5 Å². The molecule has 2 aromatic rings. The lowest BCUT2D eigenvalue weighted by molar-refractivity contribution is 0.0474. The minimum absolute atomic E-state index is 0.138. The van der Waals surface area contributed by atoms with Crippen molar-refractivity contribution in [2.45, 2.75) is 23.5 Å². The molecule has 0 aliphatic carbocycles. The summed E-state index contributed by atoms with van der Waals surface area (Å²) in [7, 11) is 0. The summed E-state index contributed by atoms with van der Waals surface area (Å²) in [5, 5.41) is 12.4. The van der Waals surface area contributed by atoms with Crippen molar-refractivity contribution >= 4 is 39.0 Å². The molecule has 0 bridgehead atoms. The Morgan fingerprint density at radius 2 is 2.26 bits per heavy atom. The fourth-order valence-corrected chi connectivity index (χ4v) is 4.59. The van der Waals surface area contributed by atoms with Crippen molar-refractivity contribution in [1.82, 2.24) is 0 Å². The first kappa shape index (κ1) is 13.5. The van der Waals surface area contributed by atoms with Crippen LogP contribution in [0.5, 0.6) is 5.75 Å². The Hall–Kier alpha value is -0.490. The average Bonchev–Trinajstić information content (AvgIpc) is 2.83. The van der Waals surface area contributed by atoms with Crippen molar-refractivity contribution in [3.63, 3.8) is 0 Å². The molecule has 0 fully saturated rings. The highest BCUT2D eigenvalue weighted by atomic mass is 79.9. The van der Waals surface area contributed by atoms with E-state index in [2.05, 4.69) is 28.1 Å². The monoisotopic (exact) mass is 356 g/mol. The number of thiophene rings is 1. The summed E-state index contributed by atoms with van der Waals surface area (Å²) in [4.78, 5) is 2.33. The van der Waals surface area contributed by atoms with Crippen molar-refractivity contribution in [3.05, 3.63) is 45.1 Å². The van der Waals surface area contributed by atoms with Gasteiger partial charge in [-0.1, -0.05) is 12.1 Å². The van der Waals surface area contributed by atoms with Gasteiger partial charge in [-0.25, -0.2) is 0 Å². The number of thioether (sulfide) groups is 1. The first-order chi connectivity index (χ1) is 9.22. The number of hydrogen-bond donors (Lipinski definition) is 1. The zero-order valence-electron chi connectivity index (χ0n) is 10.1. The number of halogens is 1. The molecule has 2 heterocycles. The smallest absolute Gasteiger partial charge is 0.134 e. The number of aliphatic hydroxyl groups is 1. The Morgan fingerprint density at radius 1 is 1.42 bits per heavy atom. The van der Waals surface area contributed by atoms with Gasteiger partial charge in [0.15, 0.2) is 0 Å². The Labute approximate surface area is 128 Å². The summed E-state index contributed by atoms with van der Waals surface area (Å²) < 4.78 is 6.97. The Balaban J connectivity index is 1.67. The van der Waals surface area contributed by atoms with Crippen LogP contribution in [0.1, 0.15) is 4.88 Å². The van der Waals surface area contributed by atoms with Crippen LogP contribution in [0, 0.1) is 0 Å². The Morgan fingerprint density at radius 3 is 3.05 bits per heavy atom. The van der Waals surface area contributed by atoms with Crippen molar-refractivity contribution in [3.8, 4) is 5.75 Å². The molecule has 3 rings (SSSR count). The number of ether oxygens (including phenoxy) is 1. The molecule has 0 saturated carbocycles. The van der Waals surface area contributed by atoms with E-state index in [0.717, 1.165) is 20.9 Å². The molecule has 1 aliphatic heterocycles. The van der Waals surface area contributed by atoms with Crippen LogP contribution in [-0.4, -0.2) is 23.1 Å². The molecule has 100 valence electrons. The van der Waals surface area contributed by atoms with E-state index in [9.17, 15) is 5.11 Å². The van der Waals surface area contributed by atoms with Crippen molar-refractivity contribution in [2.75, 3.05) is 5.75 Å². The molecular weight excluding hydrogens is 344 g/mol. The van der Waals surface area contributed by atoms with Gasteiger partial charge in [0, 0.05) is 31.8 Å². The van der Waals surface area contributed by atoms with Gasteiger partial charge in [-0.05, 0) is 34.1 Å². The third kappa shape index (κ3) is 3.16. The van der Waals surface area contributed by atoms with Gasteiger partial charge >= 0.3 is 0 Å². The predicted molar refractivity (Wildman–Crippen MR) is 83.3 cm³/mol. The second-order valence-corrected chi connectivity index (χ2v) is 7.39. The molecule has 19 heavy (non-hydrogen) atoms. The fraction of sp³-hybridized carbons (Fsp3) is 0.286. The maximum atomic E-state index is 10.3. The SMILES string of the molecule is OC(Cc1cc(Br)cs1)C1CSc2ccccc2O1. The minimum Gasteiger partial charge on any atom is -0.486 e. The number of aliphatic hydroxyl groups excluding tert-OH is 1. The average molecular weight is 357 g/mol. The Kier molecular flexibility index (Phi) is 4.17. The number of para-hydroxylation sites is 1. The van der Waals surface area contributed by atoms with Crippen LogP contribution in [0.15, 0.2) is 45.1 Å². The standard InChI is InChI=1S/C14H13BrO2S2/c15-9-5-10(18-7-9)6-11(16)13-8-19-14-4-2-1-3-12(14)17-13/h1-5,7,11,13,16H,6,8H2. The van der Waals surface area contributed by atoms with E-state index in [1.165, 1.54) is 4.88 Å². The van der Waals surface area contributed by atoms with Gasteiger partial charge in [0.05, 0.1) is 6.10 Å². The molecule has 2 unspecified atom stereocenters. The predicted octanol–water partition coefficient (Wildman–Crippen LogP) is 3.97. The van der Waals surface area contributed by atoms with Crippen molar-refractivity contribution in [2.24, 2.45) is 0 Å². The summed E-state index contributed by atoms with van der Waals surface area (Å²) in [5.41, 5.74) is 0. The van der Waals surface area contributed by atoms with Gasteiger partial charge in [-0.2, -0.15) is 0 Å². The summed E-state index contributed by atoms with van der Waals surface area (Å²) in [6.45, 7) is 0. The molecule has 0 radical (unpaired) electrons. The number of rotatable bonds is 3. The third-order valence-electron chi connectivity index (χ3n) is 2.99. The largest absolute Gasteiger partial charge is 0.486 e. The molecular formula is C14H13BrO2S2. The summed E-state index contributed by atoms with van der Waals surface area (Å²) in [5.74, 6) is 1.68. The van der Waals surface area contributed by atoms with Gasteiger partial charge in [0.25, 0.3) is 0 Å². The highest BCUT2D eigenvalue weighted by Gasteiger charge is 2.27. The highest BCUT2D eigenvalue weighted by molar-refractivity contribution is 9.10. The zero-order chi connectivity index (χ0) is 13.2. The summed E-state index contributed by atoms with van der Waals surface area (Å²) >= 11 is 6.84. The van der Waals surface area contributed by atoms with Gasteiger partial charge in [-0.15, -0.1) is 23.1 Å². The molecule has 0 amide bonds. The fourth-order valence-electron chi connectivity index (χ4n) is 2.02. The van der Waals surface area contributed by atoms with Crippen LogP contribution in [0.25, 0.3) is 0 Å². The van der Waals surface area contributed by atoms with Crippen LogP contribution >= 0.6 is 39.0 Å². The molecule has 1 aromatic carbocycles. The molecule has 0 spiro atoms. The first-order valence-electron chi connectivity index (χ1n) is 6.02. The quantitative estimate of drug-likeness (QED) is 0.902. The van der Waals surface area contributed by atoms with Crippen LogP contribution in [0.4, 0.5) is 0 Å². The summed E-state index contributed by atoms with van der Waals surface area (Å²) in [6, 6.07) is 10.0. The molecule has 5 heteroatoms. The molecule has 1 aliphatic rings. The lowest BCUT2D eigenvalue weighted by Gasteiger charge is -2.28. The van der Waals surface area contributed by atoms with E-state index >= 15 is 0 Å². The molecule has 1 N–H and O–H groups in total. The molecule has 2 atom stereocenters. The van der Waals surface area contributed by atoms with Crippen LogP contribution < -0.4 is 4.74 Å². The maximum absolute atomic E-state index is 10.3. The molecule has 0 saturated heterocycles.